The molecule has 2 saturated heterocycles. The van der Waals surface area contributed by atoms with Gasteiger partial charge in [-0.3, -0.25) is 4.90 Å². The standard InChI is InChI=1S/C28H36N2/c1-2-6-22(7-3-1)12-16-29-17-13-26-27-20-24-8-4-5-9-25(24)28(26,14-18-29)15-19-30(27)21-23-10-11-23/h1-9,23,26-27H,10-21H2/t26-,27-,28-/m1/s1. The second-order valence-corrected chi connectivity index (χ2v) is 10.5. The van der Waals surface area contributed by atoms with Gasteiger partial charge in [0.15, 0.2) is 0 Å². The molecule has 3 atom stereocenters. The van der Waals surface area contributed by atoms with E-state index < -0.39 is 0 Å². The van der Waals surface area contributed by atoms with E-state index >= 15 is 0 Å². The van der Waals surface area contributed by atoms with Crippen LogP contribution in [-0.2, 0) is 18.3 Å². The minimum absolute atomic E-state index is 0.432. The average Bonchev–Trinajstić information content (AvgIpc) is 3.62. The fraction of sp³-hybridized carbons (Fsp3) is 0.571. The van der Waals surface area contributed by atoms with Crippen molar-refractivity contribution in [1.29, 1.82) is 0 Å². The Morgan fingerprint density at radius 1 is 0.833 bits per heavy atom. The van der Waals surface area contributed by atoms with Crippen LogP contribution >= 0.6 is 0 Å². The molecule has 2 nitrogen and oxygen atoms in total. The average molecular weight is 401 g/mol. The summed E-state index contributed by atoms with van der Waals surface area (Å²) in [7, 11) is 0. The van der Waals surface area contributed by atoms with Crippen molar-refractivity contribution >= 4 is 0 Å². The van der Waals surface area contributed by atoms with Gasteiger partial charge in [0.1, 0.15) is 0 Å². The lowest BCUT2D eigenvalue weighted by molar-refractivity contribution is 0.00908. The van der Waals surface area contributed by atoms with Gasteiger partial charge in [-0.15, -0.1) is 0 Å². The second-order valence-electron chi connectivity index (χ2n) is 10.5. The molecule has 2 aromatic carbocycles. The number of nitrogens with zero attached hydrogens (tertiary/aromatic N) is 2. The van der Waals surface area contributed by atoms with E-state index in [9.17, 15) is 0 Å². The lowest BCUT2D eigenvalue weighted by Crippen LogP contribution is -2.60. The highest BCUT2D eigenvalue weighted by atomic mass is 15.2. The molecule has 0 radical (unpaired) electrons. The molecule has 0 spiro atoms. The van der Waals surface area contributed by atoms with Crippen LogP contribution in [0.5, 0.6) is 0 Å². The summed E-state index contributed by atoms with van der Waals surface area (Å²) in [6.07, 6.45) is 9.55. The number of piperidine rings is 1. The van der Waals surface area contributed by atoms with Gasteiger partial charge in [-0.1, -0.05) is 54.6 Å². The Kier molecular flexibility index (Phi) is 4.96. The van der Waals surface area contributed by atoms with E-state index in [0.29, 0.717) is 5.41 Å². The van der Waals surface area contributed by atoms with Gasteiger partial charge in [-0.05, 0) is 93.1 Å². The molecular formula is C28H36N2. The maximum atomic E-state index is 2.93. The molecule has 0 aromatic heterocycles. The first-order chi connectivity index (χ1) is 14.8. The molecule has 0 N–H and O–H groups in total. The normalized spacial score (nSPS) is 31.6. The van der Waals surface area contributed by atoms with Crippen LogP contribution in [0.1, 0.15) is 48.8 Å². The van der Waals surface area contributed by atoms with E-state index in [1.165, 1.54) is 83.2 Å². The topological polar surface area (TPSA) is 6.48 Å². The van der Waals surface area contributed by atoms with Crippen LogP contribution in [0, 0.1) is 11.8 Å². The van der Waals surface area contributed by atoms with Crippen LogP contribution in [0.4, 0.5) is 0 Å². The number of hydrogen-bond donors (Lipinski definition) is 0. The Bertz CT molecular complexity index is 873. The Hall–Kier alpha value is -1.64. The third-order valence-corrected chi connectivity index (χ3v) is 8.85. The molecule has 2 heterocycles. The molecule has 30 heavy (non-hydrogen) atoms. The summed E-state index contributed by atoms with van der Waals surface area (Å²) in [6.45, 7) is 6.47. The summed E-state index contributed by atoms with van der Waals surface area (Å²) < 4.78 is 0. The maximum absolute atomic E-state index is 2.93. The van der Waals surface area contributed by atoms with E-state index in [1.54, 1.807) is 11.1 Å². The molecule has 2 bridgehead atoms. The number of hydrogen-bond acceptors (Lipinski definition) is 2. The van der Waals surface area contributed by atoms with Crippen LogP contribution in [0.2, 0.25) is 0 Å². The van der Waals surface area contributed by atoms with Crippen LogP contribution in [0.25, 0.3) is 0 Å². The van der Waals surface area contributed by atoms with Crippen molar-refractivity contribution in [2.45, 2.75) is 56.4 Å². The maximum Gasteiger partial charge on any atom is 0.0173 e. The molecule has 6 rings (SSSR count). The molecule has 2 aliphatic heterocycles. The van der Waals surface area contributed by atoms with Crippen LogP contribution < -0.4 is 0 Å². The molecule has 2 heteroatoms. The number of benzene rings is 2. The van der Waals surface area contributed by atoms with Crippen LogP contribution in [-0.4, -0.2) is 48.6 Å². The number of likely N-dealkylation sites (tertiary alicyclic amines) is 2. The van der Waals surface area contributed by atoms with Crippen molar-refractivity contribution in [3.05, 3.63) is 71.3 Å². The first-order valence-electron chi connectivity index (χ1n) is 12.4. The highest BCUT2D eigenvalue weighted by Gasteiger charge is 2.53. The van der Waals surface area contributed by atoms with Crippen LogP contribution in [0.3, 0.4) is 0 Å². The summed E-state index contributed by atoms with van der Waals surface area (Å²) in [4.78, 5) is 5.71. The number of rotatable bonds is 5. The van der Waals surface area contributed by atoms with E-state index in [-0.39, 0.29) is 0 Å². The summed E-state index contributed by atoms with van der Waals surface area (Å²) in [5, 5.41) is 0. The minimum atomic E-state index is 0.432. The number of fused-ring (bicyclic) bond motifs is 1. The molecule has 158 valence electrons. The fourth-order valence-electron chi connectivity index (χ4n) is 7.05. The summed E-state index contributed by atoms with van der Waals surface area (Å²) in [5.74, 6) is 1.85. The molecule has 2 aliphatic carbocycles. The first-order valence-corrected chi connectivity index (χ1v) is 12.4. The lowest BCUT2D eigenvalue weighted by Gasteiger charge is -2.57. The van der Waals surface area contributed by atoms with Gasteiger partial charge < -0.3 is 4.90 Å². The largest absolute Gasteiger partial charge is 0.303 e. The predicted octanol–water partition coefficient (Wildman–Crippen LogP) is 4.92. The third kappa shape index (κ3) is 3.42. The van der Waals surface area contributed by atoms with Crippen molar-refractivity contribution < 1.29 is 0 Å². The highest BCUT2D eigenvalue weighted by Crippen LogP contribution is 2.53. The van der Waals surface area contributed by atoms with Gasteiger partial charge in [0.25, 0.3) is 0 Å². The third-order valence-electron chi connectivity index (χ3n) is 8.85. The Labute approximate surface area is 182 Å². The quantitative estimate of drug-likeness (QED) is 0.703. The van der Waals surface area contributed by atoms with Crippen molar-refractivity contribution in [2.75, 3.05) is 32.7 Å². The van der Waals surface area contributed by atoms with E-state index in [1.807, 2.05) is 0 Å². The zero-order chi connectivity index (χ0) is 20.0. The van der Waals surface area contributed by atoms with Gasteiger partial charge in [0.2, 0.25) is 0 Å². The van der Waals surface area contributed by atoms with Crippen molar-refractivity contribution in [3.8, 4) is 0 Å². The monoisotopic (exact) mass is 400 g/mol. The Morgan fingerprint density at radius 2 is 1.63 bits per heavy atom. The Balaban J connectivity index is 1.25. The summed E-state index contributed by atoms with van der Waals surface area (Å²) in [5.41, 5.74) is 5.30. The summed E-state index contributed by atoms with van der Waals surface area (Å²) >= 11 is 0. The van der Waals surface area contributed by atoms with Gasteiger partial charge >= 0.3 is 0 Å². The van der Waals surface area contributed by atoms with Crippen molar-refractivity contribution in [2.24, 2.45) is 11.8 Å². The molecule has 3 fully saturated rings. The van der Waals surface area contributed by atoms with E-state index in [2.05, 4.69) is 64.4 Å². The van der Waals surface area contributed by atoms with Crippen molar-refractivity contribution in [3.63, 3.8) is 0 Å². The van der Waals surface area contributed by atoms with E-state index in [4.69, 9.17) is 0 Å². The summed E-state index contributed by atoms with van der Waals surface area (Å²) in [6, 6.07) is 21.4. The SMILES string of the molecule is c1ccc(CCN2CC[C@@H]3[C@H]4Cc5ccccc5[C@@]3(CC2)CCN4CC2CC2)cc1. The molecule has 0 unspecified atom stereocenters. The molecule has 1 saturated carbocycles. The van der Waals surface area contributed by atoms with Crippen LogP contribution in [0.15, 0.2) is 54.6 Å². The van der Waals surface area contributed by atoms with E-state index in [0.717, 1.165) is 17.9 Å². The van der Waals surface area contributed by atoms with Gasteiger partial charge in [0, 0.05) is 24.5 Å². The second kappa shape index (κ2) is 7.80. The lowest BCUT2D eigenvalue weighted by atomic mass is 9.55. The molecule has 2 aromatic rings. The molecule has 0 amide bonds. The Morgan fingerprint density at radius 3 is 2.50 bits per heavy atom. The minimum Gasteiger partial charge on any atom is -0.303 e. The zero-order valence-corrected chi connectivity index (χ0v) is 18.3. The van der Waals surface area contributed by atoms with Gasteiger partial charge in [0.05, 0.1) is 0 Å². The fourth-order valence-corrected chi connectivity index (χ4v) is 7.05. The predicted molar refractivity (Wildman–Crippen MR) is 124 cm³/mol. The van der Waals surface area contributed by atoms with Gasteiger partial charge in [-0.25, -0.2) is 0 Å². The molecule has 4 aliphatic rings. The highest BCUT2D eigenvalue weighted by molar-refractivity contribution is 5.41. The zero-order valence-electron chi connectivity index (χ0n) is 18.3. The van der Waals surface area contributed by atoms with Crippen molar-refractivity contribution in [1.82, 2.24) is 9.80 Å². The molecular weight excluding hydrogens is 364 g/mol. The smallest absolute Gasteiger partial charge is 0.0173 e. The first kappa shape index (κ1) is 19.1. The van der Waals surface area contributed by atoms with Gasteiger partial charge in [-0.2, -0.15) is 0 Å².